The van der Waals surface area contributed by atoms with E-state index < -0.39 is 0 Å². The Morgan fingerprint density at radius 1 is 1.03 bits per heavy atom. The first-order valence-corrected chi connectivity index (χ1v) is 10.9. The molecule has 0 unspecified atom stereocenters. The van der Waals surface area contributed by atoms with E-state index in [9.17, 15) is 4.79 Å². The van der Waals surface area contributed by atoms with E-state index in [1.54, 1.807) is 0 Å². The van der Waals surface area contributed by atoms with Crippen molar-refractivity contribution in [3.8, 4) is 0 Å². The fraction of sp³-hybridized carbons (Fsp3) is 0.522. The molecule has 1 amide bonds. The van der Waals surface area contributed by atoms with Crippen LogP contribution in [-0.2, 0) is 19.4 Å². The van der Waals surface area contributed by atoms with E-state index in [0.29, 0.717) is 11.6 Å². The summed E-state index contributed by atoms with van der Waals surface area (Å²) in [6.07, 6.45) is 6.27. The van der Waals surface area contributed by atoms with Crippen LogP contribution in [0, 0.1) is 5.92 Å². The molecule has 3 saturated heterocycles. The summed E-state index contributed by atoms with van der Waals surface area (Å²) in [4.78, 5) is 27.0. The van der Waals surface area contributed by atoms with Gasteiger partial charge in [-0.1, -0.05) is 30.3 Å². The number of fused-ring (bicyclic) bond motifs is 5. The molecule has 3 fully saturated rings. The number of amides is 1. The number of anilines is 1. The molecule has 2 bridgehead atoms. The van der Waals surface area contributed by atoms with Gasteiger partial charge in [0, 0.05) is 43.5 Å². The second-order valence-corrected chi connectivity index (χ2v) is 8.80. The molecule has 2 aromatic rings. The van der Waals surface area contributed by atoms with Gasteiger partial charge in [-0.25, -0.2) is 9.97 Å². The van der Waals surface area contributed by atoms with Gasteiger partial charge in [0.25, 0.3) is 5.91 Å². The van der Waals surface area contributed by atoms with Crippen molar-refractivity contribution in [2.75, 3.05) is 25.4 Å². The minimum Gasteiger partial charge on any atom is -0.368 e. The third-order valence-corrected chi connectivity index (χ3v) is 6.70. The SMILES string of the molecule is Nc1nc2c(c(C(=O)N3C[C@@H]4CC[C@H]3CN(Cc3ccccc3)C4)n1)CCCC2. The third-order valence-electron chi connectivity index (χ3n) is 6.70. The molecule has 0 spiro atoms. The molecule has 2 N–H and O–H groups in total. The van der Waals surface area contributed by atoms with Gasteiger partial charge in [-0.2, -0.15) is 0 Å². The van der Waals surface area contributed by atoms with Gasteiger partial charge >= 0.3 is 0 Å². The number of piperidine rings is 1. The van der Waals surface area contributed by atoms with Crippen molar-refractivity contribution in [3.63, 3.8) is 0 Å². The molecule has 6 heteroatoms. The van der Waals surface area contributed by atoms with Crippen LogP contribution >= 0.6 is 0 Å². The predicted molar refractivity (Wildman–Crippen MR) is 112 cm³/mol. The Morgan fingerprint density at radius 2 is 1.86 bits per heavy atom. The van der Waals surface area contributed by atoms with Gasteiger partial charge < -0.3 is 10.6 Å². The lowest BCUT2D eigenvalue weighted by atomic mass is 9.92. The molecule has 0 radical (unpaired) electrons. The number of aromatic nitrogens is 2. The quantitative estimate of drug-likeness (QED) is 0.871. The number of hydrogen-bond donors (Lipinski definition) is 1. The maximum atomic E-state index is 13.6. The average molecular weight is 392 g/mol. The van der Waals surface area contributed by atoms with Crippen LogP contribution in [0.4, 0.5) is 5.95 Å². The summed E-state index contributed by atoms with van der Waals surface area (Å²) in [6, 6.07) is 10.9. The van der Waals surface area contributed by atoms with Crippen LogP contribution in [0.1, 0.15) is 53.0 Å². The fourth-order valence-corrected chi connectivity index (χ4v) is 5.32. The lowest BCUT2D eigenvalue weighted by Crippen LogP contribution is -2.48. The van der Waals surface area contributed by atoms with E-state index in [4.69, 9.17) is 5.73 Å². The highest BCUT2D eigenvalue weighted by atomic mass is 16.2. The van der Waals surface area contributed by atoms with Crippen LogP contribution in [0.3, 0.4) is 0 Å². The summed E-state index contributed by atoms with van der Waals surface area (Å²) in [5.41, 5.74) is 9.89. The summed E-state index contributed by atoms with van der Waals surface area (Å²) in [6.45, 7) is 3.76. The smallest absolute Gasteiger partial charge is 0.273 e. The number of benzene rings is 1. The van der Waals surface area contributed by atoms with Crippen LogP contribution in [0.2, 0.25) is 0 Å². The Bertz CT molecular complexity index is 900. The van der Waals surface area contributed by atoms with Gasteiger partial charge in [0.1, 0.15) is 5.69 Å². The number of nitrogen functional groups attached to an aromatic ring is 1. The van der Waals surface area contributed by atoms with Crippen molar-refractivity contribution >= 4 is 11.9 Å². The third kappa shape index (κ3) is 3.73. The highest BCUT2D eigenvalue weighted by Crippen LogP contribution is 2.31. The van der Waals surface area contributed by atoms with E-state index in [2.05, 4.69) is 50.1 Å². The van der Waals surface area contributed by atoms with Crippen molar-refractivity contribution in [2.45, 2.75) is 51.1 Å². The van der Waals surface area contributed by atoms with Crippen LogP contribution in [0.5, 0.6) is 0 Å². The molecule has 3 aliphatic heterocycles. The summed E-state index contributed by atoms with van der Waals surface area (Å²) in [7, 11) is 0. The van der Waals surface area contributed by atoms with Gasteiger partial charge in [0.2, 0.25) is 5.95 Å². The zero-order chi connectivity index (χ0) is 19.8. The first kappa shape index (κ1) is 18.6. The van der Waals surface area contributed by atoms with Gasteiger partial charge in [-0.15, -0.1) is 0 Å². The van der Waals surface area contributed by atoms with Crippen molar-refractivity contribution in [3.05, 3.63) is 52.8 Å². The van der Waals surface area contributed by atoms with Crippen molar-refractivity contribution < 1.29 is 4.79 Å². The van der Waals surface area contributed by atoms with Crippen LogP contribution in [0.15, 0.2) is 30.3 Å². The predicted octanol–water partition coefficient (Wildman–Crippen LogP) is 2.67. The minimum atomic E-state index is 0.0634. The number of carbonyl (C=O) groups is 1. The molecule has 152 valence electrons. The van der Waals surface area contributed by atoms with E-state index in [1.165, 1.54) is 12.0 Å². The molecule has 4 aliphatic rings. The van der Waals surface area contributed by atoms with E-state index in [1.807, 2.05) is 0 Å². The second-order valence-electron chi connectivity index (χ2n) is 8.80. The van der Waals surface area contributed by atoms with Crippen molar-refractivity contribution in [1.82, 2.24) is 19.8 Å². The van der Waals surface area contributed by atoms with E-state index >= 15 is 0 Å². The highest BCUT2D eigenvalue weighted by Gasteiger charge is 2.38. The number of nitrogens with zero attached hydrogens (tertiary/aromatic N) is 4. The maximum Gasteiger partial charge on any atom is 0.273 e. The zero-order valence-corrected chi connectivity index (χ0v) is 16.9. The number of aryl methyl sites for hydroxylation is 1. The zero-order valence-electron chi connectivity index (χ0n) is 16.9. The fourth-order valence-electron chi connectivity index (χ4n) is 5.32. The number of carbonyl (C=O) groups excluding carboxylic acids is 1. The molecule has 1 aromatic heterocycles. The molecular formula is C23H29N5O. The van der Waals surface area contributed by atoms with Crippen molar-refractivity contribution in [1.29, 1.82) is 0 Å². The lowest BCUT2D eigenvalue weighted by molar-refractivity contribution is 0.0577. The molecule has 29 heavy (non-hydrogen) atoms. The van der Waals surface area contributed by atoms with Crippen molar-refractivity contribution in [2.24, 2.45) is 5.92 Å². The summed E-state index contributed by atoms with van der Waals surface area (Å²) in [5, 5.41) is 0. The van der Waals surface area contributed by atoms with Gasteiger partial charge in [-0.05, 0) is 50.0 Å². The lowest BCUT2D eigenvalue weighted by Gasteiger charge is -2.36. The molecule has 6 nitrogen and oxygen atoms in total. The van der Waals surface area contributed by atoms with E-state index in [-0.39, 0.29) is 17.9 Å². The highest BCUT2D eigenvalue weighted by molar-refractivity contribution is 5.94. The molecule has 4 heterocycles. The summed E-state index contributed by atoms with van der Waals surface area (Å²) >= 11 is 0. The Morgan fingerprint density at radius 3 is 2.72 bits per heavy atom. The average Bonchev–Trinajstić information content (AvgIpc) is 3.04. The van der Waals surface area contributed by atoms with Gasteiger partial charge in [-0.3, -0.25) is 9.69 Å². The Hall–Kier alpha value is -2.47. The molecule has 1 aromatic carbocycles. The topological polar surface area (TPSA) is 75.3 Å². The number of rotatable bonds is 3. The first-order valence-electron chi connectivity index (χ1n) is 10.9. The largest absolute Gasteiger partial charge is 0.368 e. The second kappa shape index (κ2) is 7.75. The van der Waals surface area contributed by atoms with Crippen LogP contribution in [0.25, 0.3) is 0 Å². The molecule has 6 rings (SSSR count). The summed E-state index contributed by atoms with van der Waals surface area (Å²) < 4.78 is 0. The van der Waals surface area contributed by atoms with Crippen LogP contribution < -0.4 is 5.73 Å². The number of nitrogens with two attached hydrogens (primary N) is 1. The minimum absolute atomic E-state index is 0.0634. The molecule has 1 aliphatic carbocycles. The first-order chi connectivity index (χ1) is 14.2. The maximum absolute atomic E-state index is 13.6. The normalized spacial score (nSPS) is 24.2. The molecular weight excluding hydrogens is 362 g/mol. The Kier molecular flexibility index (Phi) is 4.96. The summed E-state index contributed by atoms with van der Waals surface area (Å²) in [5.74, 6) is 0.824. The molecule has 2 atom stereocenters. The van der Waals surface area contributed by atoms with Gasteiger partial charge in [0.15, 0.2) is 0 Å². The Balaban J connectivity index is 1.38. The van der Waals surface area contributed by atoms with Gasteiger partial charge in [0.05, 0.1) is 0 Å². The number of hydrogen-bond acceptors (Lipinski definition) is 5. The standard InChI is InChI=1S/C23H29N5O/c24-23-25-20-9-5-4-8-19(20)21(26-23)22(29)28-14-17-10-11-18(28)15-27(13-17)12-16-6-2-1-3-7-16/h1-3,6-7,17-18H,4-5,8-15H2,(H2,24,25,26)/t17-,18+/m1/s1. The van der Waals surface area contributed by atoms with E-state index in [0.717, 1.165) is 69.5 Å². The Labute approximate surface area is 172 Å². The molecule has 0 saturated carbocycles. The monoisotopic (exact) mass is 391 g/mol. The van der Waals surface area contributed by atoms with Crippen LogP contribution in [-0.4, -0.2) is 51.4 Å².